The Morgan fingerprint density at radius 1 is 0.889 bits per heavy atom. The van der Waals surface area contributed by atoms with Gasteiger partial charge in [0.2, 0.25) is 5.91 Å². The summed E-state index contributed by atoms with van der Waals surface area (Å²) >= 11 is 2.20. The van der Waals surface area contributed by atoms with Crippen molar-refractivity contribution in [3.05, 3.63) is 45.0 Å². The maximum atomic E-state index is 12.3. The Kier molecular flexibility index (Phi) is 8.02. The van der Waals surface area contributed by atoms with Crippen LogP contribution in [0.5, 0.6) is 23.0 Å². The Hall–Kier alpha value is -2.16. The maximum Gasteiger partial charge on any atom is 0.224 e. The van der Waals surface area contributed by atoms with E-state index in [9.17, 15) is 4.79 Å². The van der Waals surface area contributed by atoms with Gasteiger partial charge in [-0.05, 0) is 64.4 Å². The number of benzene rings is 2. The molecule has 27 heavy (non-hydrogen) atoms. The van der Waals surface area contributed by atoms with Gasteiger partial charge in [0.05, 0.1) is 34.9 Å². The van der Waals surface area contributed by atoms with Crippen LogP contribution in [0.2, 0.25) is 0 Å². The molecule has 2 aromatic rings. The lowest BCUT2D eigenvalue weighted by molar-refractivity contribution is -0.120. The predicted octanol–water partition coefficient (Wildman–Crippen LogP) is 3.23. The molecule has 0 radical (unpaired) electrons. The summed E-state index contributed by atoms with van der Waals surface area (Å²) in [5.41, 5.74) is 1.96. The number of halogens is 1. The SMILES string of the molecule is COc1ccc(CCNC(=O)Cc2cc(OC)c(OC)cc2I)cc1OC. The maximum absolute atomic E-state index is 12.3. The van der Waals surface area contributed by atoms with Gasteiger partial charge in [-0.25, -0.2) is 0 Å². The summed E-state index contributed by atoms with van der Waals surface area (Å²) in [6, 6.07) is 9.45. The van der Waals surface area contributed by atoms with E-state index in [1.807, 2.05) is 30.3 Å². The fourth-order valence-electron chi connectivity index (χ4n) is 2.65. The second-order valence-corrected chi connectivity index (χ2v) is 6.93. The van der Waals surface area contributed by atoms with Crippen LogP contribution in [0.3, 0.4) is 0 Å². The van der Waals surface area contributed by atoms with Crippen LogP contribution < -0.4 is 24.3 Å². The minimum atomic E-state index is -0.0411. The monoisotopic (exact) mass is 485 g/mol. The van der Waals surface area contributed by atoms with E-state index in [4.69, 9.17) is 18.9 Å². The molecular weight excluding hydrogens is 461 g/mol. The molecule has 0 aliphatic rings. The number of methoxy groups -OCH3 is 4. The Morgan fingerprint density at radius 2 is 1.48 bits per heavy atom. The van der Waals surface area contributed by atoms with E-state index in [1.54, 1.807) is 28.4 Å². The first kappa shape index (κ1) is 21.1. The van der Waals surface area contributed by atoms with E-state index in [0.29, 0.717) is 36.0 Å². The van der Waals surface area contributed by atoms with Gasteiger partial charge in [-0.2, -0.15) is 0 Å². The Morgan fingerprint density at radius 3 is 2.11 bits per heavy atom. The van der Waals surface area contributed by atoms with Crippen molar-refractivity contribution in [1.82, 2.24) is 5.32 Å². The van der Waals surface area contributed by atoms with E-state index in [2.05, 4.69) is 27.9 Å². The van der Waals surface area contributed by atoms with Crippen molar-refractivity contribution in [3.63, 3.8) is 0 Å². The first-order valence-electron chi connectivity index (χ1n) is 8.40. The third-order valence-electron chi connectivity index (χ3n) is 4.09. The highest BCUT2D eigenvalue weighted by Crippen LogP contribution is 2.31. The highest BCUT2D eigenvalue weighted by molar-refractivity contribution is 14.1. The third kappa shape index (κ3) is 5.66. The van der Waals surface area contributed by atoms with Crippen molar-refractivity contribution in [2.24, 2.45) is 0 Å². The van der Waals surface area contributed by atoms with Crippen LogP contribution in [0, 0.1) is 3.57 Å². The van der Waals surface area contributed by atoms with Gasteiger partial charge in [0.15, 0.2) is 23.0 Å². The Labute approximate surface area is 173 Å². The average molecular weight is 485 g/mol. The van der Waals surface area contributed by atoms with Crippen LogP contribution in [0.25, 0.3) is 0 Å². The molecule has 0 heterocycles. The molecule has 6 nitrogen and oxygen atoms in total. The molecule has 0 aliphatic carbocycles. The first-order chi connectivity index (χ1) is 13.0. The summed E-state index contributed by atoms with van der Waals surface area (Å²) in [5, 5.41) is 2.95. The van der Waals surface area contributed by atoms with E-state index in [1.165, 1.54) is 0 Å². The van der Waals surface area contributed by atoms with Gasteiger partial charge in [0.1, 0.15) is 0 Å². The normalized spacial score (nSPS) is 10.3. The molecule has 0 saturated heterocycles. The molecular formula is C20H24INO5. The number of hydrogen-bond acceptors (Lipinski definition) is 5. The molecule has 7 heteroatoms. The number of amides is 1. The van der Waals surface area contributed by atoms with Crippen molar-refractivity contribution >= 4 is 28.5 Å². The van der Waals surface area contributed by atoms with Gasteiger partial charge < -0.3 is 24.3 Å². The quantitative estimate of drug-likeness (QED) is 0.553. The van der Waals surface area contributed by atoms with Crippen LogP contribution in [0.15, 0.2) is 30.3 Å². The van der Waals surface area contributed by atoms with E-state index in [0.717, 1.165) is 14.7 Å². The van der Waals surface area contributed by atoms with Crippen molar-refractivity contribution in [1.29, 1.82) is 0 Å². The van der Waals surface area contributed by atoms with Gasteiger partial charge in [0.25, 0.3) is 0 Å². The van der Waals surface area contributed by atoms with E-state index >= 15 is 0 Å². The lowest BCUT2D eigenvalue weighted by Crippen LogP contribution is -2.27. The zero-order chi connectivity index (χ0) is 19.8. The molecule has 1 N–H and O–H groups in total. The van der Waals surface area contributed by atoms with Crippen LogP contribution in [0.1, 0.15) is 11.1 Å². The largest absolute Gasteiger partial charge is 0.493 e. The van der Waals surface area contributed by atoms with Gasteiger partial charge in [-0.1, -0.05) is 6.07 Å². The van der Waals surface area contributed by atoms with Crippen LogP contribution in [-0.2, 0) is 17.6 Å². The number of nitrogens with one attached hydrogen (secondary N) is 1. The number of rotatable bonds is 9. The highest BCUT2D eigenvalue weighted by atomic mass is 127. The Balaban J connectivity index is 1.93. The molecule has 0 unspecified atom stereocenters. The summed E-state index contributed by atoms with van der Waals surface area (Å²) in [6.07, 6.45) is 0.986. The Bertz CT molecular complexity index is 794. The molecule has 0 aromatic heterocycles. The highest BCUT2D eigenvalue weighted by Gasteiger charge is 2.13. The summed E-state index contributed by atoms with van der Waals surface area (Å²) in [7, 11) is 6.38. The molecule has 0 saturated carbocycles. The van der Waals surface area contributed by atoms with Crippen LogP contribution in [-0.4, -0.2) is 40.9 Å². The second kappa shape index (κ2) is 10.2. The van der Waals surface area contributed by atoms with Crippen LogP contribution >= 0.6 is 22.6 Å². The van der Waals surface area contributed by atoms with Crippen LogP contribution in [0.4, 0.5) is 0 Å². The molecule has 0 spiro atoms. The number of hydrogen-bond donors (Lipinski definition) is 1. The standard InChI is InChI=1S/C20H24INO5/c1-24-16-6-5-13(9-17(16)25-2)7-8-22-20(23)11-14-10-18(26-3)19(27-4)12-15(14)21/h5-6,9-10,12H,7-8,11H2,1-4H3,(H,22,23). The molecule has 2 aromatic carbocycles. The van der Waals surface area contributed by atoms with E-state index in [-0.39, 0.29) is 12.3 Å². The lowest BCUT2D eigenvalue weighted by atomic mass is 10.1. The lowest BCUT2D eigenvalue weighted by Gasteiger charge is -2.12. The van der Waals surface area contributed by atoms with E-state index < -0.39 is 0 Å². The third-order valence-corrected chi connectivity index (χ3v) is 5.09. The molecule has 0 aliphatic heterocycles. The summed E-state index contributed by atoms with van der Waals surface area (Å²) in [5.74, 6) is 2.60. The molecule has 0 fully saturated rings. The smallest absolute Gasteiger partial charge is 0.224 e. The number of carbonyl (C=O) groups is 1. The first-order valence-corrected chi connectivity index (χ1v) is 9.48. The van der Waals surface area contributed by atoms with Crippen molar-refractivity contribution in [2.45, 2.75) is 12.8 Å². The molecule has 1 amide bonds. The molecule has 2 rings (SSSR count). The number of carbonyl (C=O) groups excluding carboxylic acids is 1. The topological polar surface area (TPSA) is 66.0 Å². The van der Waals surface area contributed by atoms with Gasteiger partial charge in [-0.3, -0.25) is 4.79 Å². The second-order valence-electron chi connectivity index (χ2n) is 5.76. The zero-order valence-electron chi connectivity index (χ0n) is 15.9. The predicted molar refractivity (Wildman–Crippen MR) is 112 cm³/mol. The minimum absolute atomic E-state index is 0.0411. The molecule has 146 valence electrons. The van der Waals surface area contributed by atoms with Gasteiger partial charge in [0, 0.05) is 10.1 Å². The summed E-state index contributed by atoms with van der Waals surface area (Å²) in [4.78, 5) is 12.3. The molecule has 0 bridgehead atoms. The fourth-order valence-corrected chi connectivity index (χ4v) is 3.28. The number of ether oxygens (including phenoxy) is 4. The minimum Gasteiger partial charge on any atom is -0.493 e. The summed E-state index contributed by atoms with van der Waals surface area (Å²) < 4.78 is 22.1. The fraction of sp³-hybridized carbons (Fsp3) is 0.350. The van der Waals surface area contributed by atoms with Crippen molar-refractivity contribution in [2.75, 3.05) is 35.0 Å². The molecule has 0 atom stereocenters. The summed E-state index contributed by atoms with van der Waals surface area (Å²) in [6.45, 7) is 0.540. The van der Waals surface area contributed by atoms with Gasteiger partial charge in [-0.15, -0.1) is 0 Å². The average Bonchev–Trinajstić information content (AvgIpc) is 2.68. The van der Waals surface area contributed by atoms with Crippen molar-refractivity contribution in [3.8, 4) is 23.0 Å². The van der Waals surface area contributed by atoms with Gasteiger partial charge >= 0.3 is 0 Å². The zero-order valence-corrected chi connectivity index (χ0v) is 18.1. The van der Waals surface area contributed by atoms with Crippen molar-refractivity contribution < 1.29 is 23.7 Å².